The maximum atomic E-state index is 2.38. The Morgan fingerprint density at radius 1 is 0.205 bits per heavy atom. The molecule has 1 aliphatic carbocycles. The normalized spacial score (nSPS) is 12.2. The molecule has 0 N–H and O–H groups in total. The Balaban J connectivity index is 0.822. The summed E-state index contributed by atoms with van der Waals surface area (Å²) in [6, 6.07) is 118. The Hall–Kier alpha value is -10.1. The lowest BCUT2D eigenvalue weighted by molar-refractivity contribution is 0.768. The lowest BCUT2D eigenvalue weighted by Crippen LogP contribution is -2.28. The van der Waals surface area contributed by atoms with Crippen LogP contribution in [0.2, 0.25) is 0 Å². The monoisotopic (exact) mass is 991 g/mol. The summed E-state index contributed by atoms with van der Waals surface area (Å²) in [6.07, 6.45) is 0. The van der Waals surface area contributed by atoms with Crippen LogP contribution in [0.25, 0.3) is 88.7 Å². The molecule has 366 valence electrons. The quantitative estimate of drug-likeness (QED) is 0.125. The predicted octanol–water partition coefficient (Wildman–Crippen LogP) is 20.7. The summed E-state index contributed by atoms with van der Waals surface area (Å²) in [7, 11) is 0. The minimum Gasteiger partial charge on any atom is -0.311 e. The number of hydrogen-bond acceptors (Lipinski definition) is 1. The van der Waals surface area contributed by atoms with Crippen molar-refractivity contribution in [2.45, 2.75) is 5.41 Å². The molecule has 78 heavy (non-hydrogen) atoms. The summed E-state index contributed by atoms with van der Waals surface area (Å²) >= 11 is 0. The van der Waals surface area contributed by atoms with E-state index in [0.717, 1.165) is 17.1 Å². The zero-order chi connectivity index (χ0) is 51.8. The number of rotatable bonds is 11. The first-order valence-corrected chi connectivity index (χ1v) is 27.0. The lowest BCUT2D eigenvalue weighted by atomic mass is 9.67. The molecule has 0 spiro atoms. The van der Waals surface area contributed by atoms with Gasteiger partial charge in [-0.3, -0.25) is 0 Å². The van der Waals surface area contributed by atoms with Gasteiger partial charge in [-0.2, -0.15) is 0 Å². The molecular formula is C77H53N. The van der Waals surface area contributed by atoms with Crippen LogP contribution in [0.3, 0.4) is 0 Å². The van der Waals surface area contributed by atoms with E-state index in [2.05, 4.69) is 326 Å². The standard InChI is InChI=1S/C77H53N/c1-4-19-58(20-5-1)70-28-12-13-29-71(70)59-42-48-68(49-43-59)78(67-46-40-56(41-47-67)55-34-36-57(37-35-55)62-22-16-23-63(52-62)64-39-38-54-18-10-11-21-61(54)53-64)69-50-44-60(45-51-69)72-31-17-33-75-76(72)73-30-14-15-32-74(73)77(75,65-24-6-2-7-25-65)66-26-8-3-9-27-66/h1-53H. The summed E-state index contributed by atoms with van der Waals surface area (Å²) in [5.41, 5.74) is 24.9. The van der Waals surface area contributed by atoms with Gasteiger partial charge in [-0.1, -0.05) is 273 Å². The average Bonchev–Trinajstić information content (AvgIpc) is 3.84. The van der Waals surface area contributed by atoms with Crippen LogP contribution in [0.1, 0.15) is 22.3 Å². The van der Waals surface area contributed by atoms with Gasteiger partial charge < -0.3 is 4.90 Å². The van der Waals surface area contributed by atoms with Crippen molar-refractivity contribution in [1.29, 1.82) is 0 Å². The fourth-order valence-electron chi connectivity index (χ4n) is 12.3. The van der Waals surface area contributed by atoms with Crippen molar-refractivity contribution in [1.82, 2.24) is 0 Å². The van der Waals surface area contributed by atoms with E-state index in [1.54, 1.807) is 0 Å². The third-order valence-electron chi connectivity index (χ3n) is 16.0. The van der Waals surface area contributed by atoms with Crippen LogP contribution in [-0.4, -0.2) is 0 Å². The van der Waals surface area contributed by atoms with Crippen LogP contribution in [-0.2, 0) is 5.41 Å². The molecule has 0 heterocycles. The van der Waals surface area contributed by atoms with E-state index < -0.39 is 5.41 Å². The molecule has 1 heteroatoms. The van der Waals surface area contributed by atoms with E-state index in [1.165, 1.54) is 111 Å². The third kappa shape index (κ3) is 8.21. The summed E-state index contributed by atoms with van der Waals surface area (Å²) in [5.74, 6) is 0. The van der Waals surface area contributed by atoms with Gasteiger partial charge in [-0.05, 0) is 159 Å². The highest BCUT2D eigenvalue weighted by molar-refractivity contribution is 5.96. The van der Waals surface area contributed by atoms with Crippen LogP contribution in [0.15, 0.2) is 322 Å². The fraction of sp³-hybridized carbons (Fsp3) is 0.0130. The first-order valence-electron chi connectivity index (χ1n) is 27.0. The molecule has 0 saturated heterocycles. The van der Waals surface area contributed by atoms with Gasteiger partial charge in [0.05, 0.1) is 5.41 Å². The molecule has 14 rings (SSSR count). The number of hydrogen-bond donors (Lipinski definition) is 0. The molecule has 0 amide bonds. The highest BCUT2D eigenvalue weighted by Gasteiger charge is 2.46. The molecule has 0 aromatic heterocycles. The fourth-order valence-corrected chi connectivity index (χ4v) is 12.3. The van der Waals surface area contributed by atoms with Crippen molar-refractivity contribution in [3.05, 3.63) is 344 Å². The molecule has 1 aliphatic rings. The van der Waals surface area contributed by atoms with Crippen LogP contribution < -0.4 is 4.90 Å². The van der Waals surface area contributed by atoms with E-state index in [9.17, 15) is 0 Å². The van der Waals surface area contributed by atoms with Gasteiger partial charge in [-0.25, -0.2) is 0 Å². The van der Waals surface area contributed by atoms with Crippen molar-refractivity contribution in [2.75, 3.05) is 4.90 Å². The third-order valence-corrected chi connectivity index (χ3v) is 16.0. The van der Waals surface area contributed by atoms with Gasteiger partial charge in [-0.15, -0.1) is 0 Å². The Kier molecular flexibility index (Phi) is 11.8. The predicted molar refractivity (Wildman–Crippen MR) is 329 cm³/mol. The van der Waals surface area contributed by atoms with Crippen molar-refractivity contribution in [3.63, 3.8) is 0 Å². The van der Waals surface area contributed by atoms with Crippen LogP contribution in [0, 0.1) is 0 Å². The summed E-state index contributed by atoms with van der Waals surface area (Å²) in [6.45, 7) is 0. The highest BCUT2D eigenvalue weighted by Crippen LogP contribution is 2.58. The zero-order valence-electron chi connectivity index (χ0n) is 43.0. The molecule has 0 unspecified atom stereocenters. The summed E-state index contributed by atoms with van der Waals surface area (Å²) in [5, 5.41) is 2.51. The van der Waals surface area contributed by atoms with Crippen LogP contribution >= 0.6 is 0 Å². The molecule has 0 radical (unpaired) electrons. The van der Waals surface area contributed by atoms with Gasteiger partial charge in [0.2, 0.25) is 0 Å². The second kappa shape index (κ2) is 19.9. The van der Waals surface area contributed by atoms with Gasteiger partial charge in [0.1, 0.15) is 0 Å². The van der Waals surface area contributed by atoms with E-state index >= 15 is 0 Å². The Morgan fingerprint density at radius 2 is 0.564 bits per heavy atom. The first-order chi connectivity index (χ1) is 38.7. The van der Waals surface area contributed by atoms with Crippen molar-refractivity contribution in [3.8, 4) is 77.9 Å². The molecule has 1 nitrogen and oxygen atoms in total. The smallest absolute Gasteiger partial charge is 0.0713 e. The molecule has 0 bridgehead atoms. The number of nitrogens with zero attached hydrogens (tertiary/aromatic N) is 1. The average molecular weight is 992 g/mol. The Bertz CT molecular complexity index is 4220. The topological polar surface area (TPSA) is 3.24 Å². The zero-order valence-corrected chi connectivity index (χ0v) is 43.0. The Morgan fingerprint density at radius 3 is 1.15 bits per heavy atom. The lowest BCUT2D eigenvalue weighted by Gasteiger charge is -2.34. The molecular weight excluding hydrogens is 939 g/mol. The SMILES string of the molecule is c1ccc(-c2ccccc2-c2ccc(N(c3ccc(-c4ccc(-c5cccc(-c6ccc7ccccc7c6)c5)cc4)cc3)c3ccc(-c4cccc5c4-c4ccccc4C5(c4ccccc4)c4ccccc4)cc3)cc2)cc1. The number of benzene rings is 13. The molecule has 0 atom stereocenters. The van der Waals surface area contributed by atoms with E-state index in [-0.39, 0.29) is 0 Å². The van der Waals surface area contributed by atoms with E-state index in [4.69, 9.17) is 0 Å². The van der Waals surface area contributed by atoms with Crippen molar-refractivity contribution >= 4 is 27.8 Å². The minimum absolute atomic E-state index is 0.464. The van der Waals surface area contributed by atoms with E-state index in [0.29, 0.717) is 0 Å². The van der Waals surface area contributed by atoms with Gasteiger partial charge in [0.15, 0.2) is 0 Å². The van der Waals surface area contributed by atoms with Gasteiger partial charge in [0, 0.05) is 17.1 Å². The molecule has 13 aromatic carbocycles. The maximum absolute atomic E-state index is 2.38. The Labute approximate surface area is 457 Å². The molecule has 0 fully saturated rings. The first kappa shape index (κ1) is 46.5. The summed E-state index contributed by atoms with van der Waals surface area (Å²) < 4.78 is 0. The summed E-state index contributed by atoms with van der Waals surface area (Å²) in [4.78, 5) is 2.38. The number of fused-ring (bicyclic) bond motifs is 4. The van der Waals surface area contributed by atoms with Gasteiger partial charge in [0.25, 0.3) is 0 Å². The van der Waals surface area contributed by atoms with Crippen LogP contribution in [0.4, 0.5) is 17.1 Å². The molecule has 0 saturated carbocycles. The second-order valence-corrected chi connectivity index (χ2v) is 20.4. The molecule has 0 aliphatic heterocycles. The highest BCUT2D eigenvalue weighted by atomic mass is 15.1. The largest absolute Gasteiger partial charge is 0.311 e. The van der Waals surface area contributed by atoms with E-state index in [1.807, 2.05) is 0 Å². The van der Waals surface area contributed by atoms with Gasteiger partial charge >= 0.3 is 0 Å². The molecule has 13 aromatic rings. The number of anilines is 3. The van der Waals surface area contributed by atoms with Crippen LogP contribution in [0.5, 0.6) is 0 Å². The maximum Gasteiger partial charge on any atom is 0.0713 e. The second-order valence-electron chi connectivity index (χ2n) is 20.4. The van der Waals surface area contributed by atoms with Crippen molar-refractivity contribution < 1.29 is 0 Å². The minimum atomic E-state index is -0.464. The van der Waals surface area contributed by atoms with Crippen molar-refractivity contribution in [2.24, 2.45) is 0 Å².